The molecule has 2 heterocycles. The molecule has 0 radical (unpaired) electrons. The number of amides is 2. The van der Waals surface area contributed by atoms with E-state index in [2.05, 4.69) is 11.4 Å². The minimum absolute atomic E-state index is 0.0888. The number of nitrogens with one attached hydrogen (secondary N) is 1. The molecule has 0 aromatic heterocycles. The molecule has 45 heavy (non-hydrogen) atoms. The molecule has 2 unspecified atom stereocenters. The Morgan fingerprint density at radius 2 is 1.67 bits per heavy atom. The molecular formula is C35H47ClN4O4S. The third-order valence-electron chi connectivity index (χ3n) is 11.1. The molecule has 2 aromatic rings. The van der Waals surface area contributed by atoms with Gasteiger partial charge >= 0.3 is 0 Å². The molecule has 3 atom stereocenters. The van der Waals surface area contributed by atoms with Gasteiger partial charge in [0.15, 0.2) is 0 Å². The van der Waals surface area contributed by atoms with Crippen molar-refractivity contribution in [2.45, 2.75) is 82.7 Å². The number of nitrogens with zero attached hydrogens (tertiary/aromatic N) is 2. The van der Waals surface area contributed by atoms with E-state index in [0.717, 1.165) is 43.2 Å². The molecule has 2 aliphatic carbocycles. The van der Waals surface area contributed by atoms with Gasteiger partial charge in [0, 0.05) is 43.7 Å². The Balaban J connectivity index is 1.19. The van der Waals surface area contributed by atoms with Crippen molar-refractivity contribution in [1.29, 1.82) is 0 Å². The number of carbonyl (C=O) groups is 2. The number of likely N-dealkylation sites (tertiary alicyclic amines) is 1. The number of sulfonamides is 1. The second kappa shape index (κ2) is 13.7. The average Bonchev–Trinajstić information content (AvgIpc) is 3.39. The normalized spacial score (nSPS) is 25.8. The van der Waals surface area contributed by atoms with Gasteiger partial charge < -0.3 is 16.0 Å². The largest absolute Gasteiger partial charge is 0.344 e. The van der Waals surface area contributed by atoms with Crippen molar-refractivity contribution in [3.8, 4) is 0 Å². The number of rotatable bonds is 8. The predicted octanol–water partition coefficient (Wildman–Crippen LogP) is 4.85. The van der Waals surface area contributed by atoms with Crippen LogP contribution in [0.25, 0.3) is 0 Å². The molecule has 1 saturated carbocycles. The van der Waals surface area contributed by atoms with Gasteiger partial charge in [0.2, 0.25) is 21.8 Å². The molecule has 3 fully saturated rings. The minimum atomic E-state index is -3.21. The van der Waals surface area contributed by atoms with Crippen molar-refractivity contribution in [2.75, 3.05) is 31.9 Å². The fraction of sp³-hybridized carbons (Fsp3) is 0.600. The van der Waals surface area contributed by atoms with Crippen molar-refractivity contribution in [2.24, 2.45) is 23.0 Å². The number of fused-ring (bicyclic) bond motifs is 1. The Kier molecular flexibility index (Phi) is 9.90. The fourth-order valence-electron chi connectivity index (χ4n) is 8.45. The molecule has 2 aliphatic heterocycles. The first kappa shape index (κ1) is 32.5. The number of carbonyl (C=O) groups excluding carboxylic acids is 2. The summed E-state index contributed by atoms with van der Waals surface area (Å²) in [5.41, 5.74) is 9.61. The summed E-state index contributed by atoms with van der Waals surface area (Å²) >= 11 is 6.14. The average molecular weight is 655 g/mol. The second-order valence-corrected chi connectivity index (χ2v) is 16.3. The van der Waals surface area contributed by atoms with Crippen LogP contribution in [0.3, 0.4) is 0 Å². The van der Waals surface area contributed by atoms with Gasteiger partial charge in [-0.15, -0.1) is 0 Å². The number of benzene rings is 2. The third kappa shape index (κ3) is 7.11. The Bertz CT molecular complexity index is 1470. The van der Waals surface area contributed by atoms with E-state index >= 15 is 0 Å². The standard InChI is InChI=1S/C35H47ClN4O4S/c36-28-14-11-25(12-15-28)23-31(38-33(41)30-16-13-26-7-4-5-10-29(26)32(30)37)34(42)39-20-17-35(18-21-39,27-8-2-1-3-9-27)24-40-19-6-22-45(40,43)44/h4-5,7,10-12,14-15,27,30-32H,1-3,6,8-9,13,16-24,37H2,(H,38,41)/t30?,31-,32?/m1/s1. The Hall–Kier alpha value is -2.46. The first-order valence-corrected chi connectivity index (χ1v) is 18.8. The van der Waals surface area contributed by atoms with E-state index in [9.17, 15) is 18.0 Å². The predicted molar refractivity (Wildman–Crippen MR) is 177 cm³/mol. The van der Waals surface area contributed by atoms with Crippen LogP contribution in [-0.2, 0) is 32.5 Å². The van der Waals surface area contributed by atoms with Crippen molar-refractivity contribution in [3.05, 3.63) is 70.2 Å². The fourth-order valence-corrected chi connectivity index (χ4v) is 10.2. The maximum absolute atomic E-state index is 14.3. The molecular weight excluding hydrogens is 608 g/mol. The molecule has 6 rings (SSSR count). The molecule has 0 bridgehead atoms. The quantitative estimate of drug-likeness (QED) is 0.423. The lowest BCUT2D eigenvalue weighted by Gasteiger charge is -2.49. The van der Waals surface area contributed by atoms with Gasteiger partial charge in [-0.1, -0.05) is 67.3 Å². The van der Waals surface area contributed by atoms with E-state index in [-0.39, 0.29) is 23.0 Å². The summed E-state index contributed by atoms with van der Waals surface area (Å²) in [6, 6.07) is 14.3. The van der Waals surface area contributed by atoms with Crippen molar-refractivity contribution < 1.29 is 18.0 Å². The highest BCUT2D eigenvalue weighted by Gasteiger charge is 2.47. The molecule has 0 spiro atoms. The molecule has 244 valence electrons. The smallest absolute Gasteiger partial charge is 0.245 e. The van der Waals surface area contributed by atoms with Crippen LogP contribution in [0.15, 0.2) is 48.5 Å². The maximum atomic E-state index is 14.3. The number of nitrogens with two attached hydrogens (primary N) is 1. The molecule has 10 heteroatoms. The summed E-state index contributed by atoms with van der Waals surface area (Å²) in [5.74, 6) is 0.0228. The lowest BCUT2D eigenvalue weighted by molar-refractivity contribution is -0.140. The third-order valence-corrected chi connectivity index (χ3v) is 13.3. The van der Waals surface area contributed by atoms with Gasteiger partial charge in [-0.2, -0.15) is 0 Å². The number of aryl methyl sites for hydroxylation is 1. The van der Waals surface area contributed by atoms with Crippen LogP contribution in [0.1, 0.15) is 80.5 Å². The van der Waals surface area contributed by atoms with Gasteiger partial charge in [-0.25, -0.2) is 12.7 Å². The van der Waals surface area contributed by atoms with Gasteiger partial charge in [0.05, 0.1) is 11.7 Å². The second-order valence-electron chi connectivity index (χ2n) is 13.8. The highest BCUT2D eigenvalue weighted by molar-refractivity contribution is 7.89. The summed E-state index contributed by atoms with van der Waals surface area (Å²) in [4.78, 5) is 29.9. The van der Waals surface area contributed by atoms with Crippen LogP contribution in [0.2, 0.25) is 5.02 Å². The van der Waals surface area contributed by atoms with E-state index in [4.69, 9.17) is 17.3 Å². The first-order chi connectivity index (χ1) is 21.6. The van der Waals surface area contributed by atoms with Crippen LogP contribution in [0.4, 0.5) is 0 Å². The number of halogens is 1. The van der Waals surface area contributed by atoms with Gasteiger partial charge in [0.1, 0.15) is 6.04 Å². The van der Waals surface area contributed by atoms with Crippen LogP contribution in [0, 0.1) is 17.3 Å². The van der Waals surface area contributed by atoms with Crippen molar-refractivity contribution >= 4 is 33.4 Å². The van der Waals surface area contributed by atoms with Crippen molar-refractivity contribution in [3.63, 3.8) is 0 Å². The highest BCUT2D eigenvalue weighted by Crippen LogP contribution is 2.47. The lowest BCUT2D eigenvalue weighted by atomic mass is 9.63. The van der Waals surface area contributed by atoms with E-state index in [1.807, 2.05) is 35.2 Å². The zero-order chi connectivity index (χ0) is 31.6. The number of hydrogen-bond donors (Lipinski definition) is 2. The van der Waals surface area contributed by atoms with E-state index in [1.165, 1.54) is 24.8 Å². The molecule has 2 saturated heterocycles. The maximum Gasteiger partial charge on any atom is 0.245 e. The highest BCUT2D eigenvalue weighted by atomic mass is 35.5. The van der Waals surface area contributed by atoms with E-state index < -0.39 is 28.0 Å². The van der Waals surface area contributed by atoms with Crippen LogP contribution in [-0.4, -0.2) is 67.4 Å². The zero-order valence-electron chi connectivity index (χ0n) is 26.1. The van der Waals surface area contributed by atoms with Gasteiger partial charge in [-0.3, -0.25) is 9.59 Å². The first-order valence-electron chi connectivity index (χ1n) is 16.8. The molecule has 4 aliphatic rings. The summed E-state index contributed by atoms with van der Waals surface area (Å²) in [5, 5.41) is 3.75. The molecule has 2 amide bonds. The lowest BCUT2D eigenvalue weighted by Crippen LogP contribution is -2.56. The summed E-state index contributed by atoms with van der Waals surface area (Å²) < 4.78 is 27.4. The molecule has 8 nitrogen and oxygen atoms in total. The van der Waals surface area contributed by atoms with Gasteiger partial charge in [0.25, 0.3) is 0 Å². The van der Waals surface area contributed by atoms with Crippen LogP contribution < -0.4 is 11.1 Å². The number of hydrogen-bond acceptors (Lipinski definition) is 5. The Morgan fingerprint density at radius 1 is 0.956 bits per heavy atom. The summed E-state index contributed by atoms with van der Waals surface area (Å²) in [6.07, 6.45) is 9.88. The topological polar surface area (TPSA) is 113 Å². The van der Waals surface area contributed by atoms with Gasteiger partial charge in [-0.05, 0) is 85.1 Å². The molecule has 3 N–H and O–H groups in total. The SMILES string of the molecule is NC1c2ccccc2CCC1C(=O)N[C@H](Cc1ccc(Cl)cc1)C(=O)N1CCC(CN2CCCS2(=O)=O)(C2CCCCC2)CC1. The minimum Gasteiger partial charge on any atom is -0.344 e. The van der Waals surface area contributed by atoms with Crippen molar-refractivity contribution in [1.82, 2.24) is 14.5 Å². The van der Waals surface area contributed by atoms with Crippen LogP contribution in [0.5, 0.6) is 0 Å². The van der Waals surface area contributed by atoms with E-state index in [0.29, 0.717) is 56.4 Å². The number of piperidine rings is 1. The Labute approximate surface area is 273 Å². The monoisotopic (exact) mass is 654 g/mol. The van der Waals surface area contributed by atoms with Crippen LogP contribution >= 0.6 is 11.6 Å². The van der Waals surface area contributed by atoms with E-state index in [1.54, 1.807) is 16.4 Å². The zero-order valence-corrected chi connectivity index (χ0v) is 27.7. The summed E-state index contributed by atoms with van der Waals surface area (Å²) in [6.45, 7) is 2.29. The summed E-state index contributed by atoms with van der Waals surface area (Å²) in [7, 11) is -3.21. The Morgan fingerprint density at radius 3 is 2.36 bits per heavy atom. The molecule has 2 aromatic carbocycles.